The van der Waals surface area contributed by atoms with Crippen LogP contribution in [0.1, 0.15) is 22.3 Å². The van der Waals surface area contributed by atoms with Gasteiger partial charge in [-0.05, 0) is 12.5 Å². The number of aryl methyl sites for hydroxylation is 2. The first-order valence-electron chi connectivity index (χ1n) is 6.27. The molecule has 6 heteroatoms. The van der Waals surface area contributed by atoms with Gasteiger partial charge in [0, 0.05) is 4.57 Å². The second-order valence-electron chi connectivity index (χ2n) is 4.61. The van der Waals surface area contributed by atoms with Gasteiger partial charge in [0.2, 0.25) is 0 Å². The number of hydrogen-bond donors (Lipinski definition) is 2. The van der Waals surface area contributed by atoms with Gasteiger partial charge in [0.15, 0.2) is 0 Å². The van der Waals surface area contributed by atoms with Gasteiger partial charge in [-0.2, -0.15) is 0 Å². The fourth-order valence-electron chi connectivity index (χ4n) is 2.39. The van der Waals surface area contributed by atoms with Crippen LogP contribution in [0.5, 0.6) is 0 Å². The summed E-state index contributed by atoms with van der Waals surface area (Å²) in [6.07, 6.45) is 2.05. The van der Waals surface area contributed by atoms with Gasteiger partial charge in [0.25, 0.3) is 0 Å². The minimum atomic E-state index is -2.87. The summed E-state index contributed by atoms with van der Waals surface area (Å²) in [5.41, 5.74) is 6.20. The molecule has 2 rings (SSSR count). The quantitative estimate of drug-likeness (QED) is 0.477. The van der Waals surface area contributed by atoms with Crippen molar-refractivity contribution in [2.24, 2.45) is 0 Å². The van der Waals surface area contributed by atoms with Gasteiger partial charge < -0.3 is 4.79 Å². The van der Waals surface area contributed by atoms with E-state index in [4.69, 9.17) is 14.4 Å². The molecule has 2 N–H and O–H groups in total. The van der Waals surface area contributed by atoms with E-state index in [0.717, 1.165) is 22.3 Å². The van der Waals surface area contributed by atoms with Gasteiger partial charge in [-0.25, -0.2) is 0 Å². The Morgan fingerprint density at radius 2 is 1.50 bits per heavy atom. The summed E-state index contributed by atoms with van der Waals surface area (Å²) in [7, 11) is -2.87. The molecule has 0 fully saturated rings. The van der Waals surface area contributed by atoms with Crippen LogP contribution in [0.2, 0.25) is 0 Å². The average molecular weight is 311 g/mol. The molecule has 2 aromatic rings. The molecule has 4 nitrogen and oxygen atoms in total. The Labute approximate surface area is 143 Å². The van der Waals surface area contributed by atoms with Crippen molar-refractivity contribution in [3.8, 4) is 11.1 Å². The maximum Gasteiger partial charge on any atom is 1.00 e. The summed E-state index contributed by atoms with van der Waals surface area (Å²) in [5, 5.41) is 0. The smallest absolute Gasteiger partial charge is 0.376 e. The molecule has 0 spiro atoms. The molecule has 0 amide bonds. The fourth-order valence-corrected chi connectivity index (χ4v) is 2.39. The summed E-state index contributed by atoms with van der Waals surface area (Å²) in [5.74, 6) is 0. The molecule has 0 saturated heterocycles. The van der Waals surface area contributed by atoms with Crippen LogP contribution in [0.15, 0.2) is 36.4 Å². The predicted molar refractivity (Wildman–Crippen MR) is 82.9 cm³/mol. The number of carbonyl (C=O) groups excluding carboxylic acids is 1. The summed E-state index contributed by atoms with van der Waals surface area (Å²) in [4.78, 5) is 25.3. The molecule has 110 valence electrons. The van der Waals surface area contributed by atoms with E-state index in [1.54, 1.807) is 0 Å². The van der Waals surface area contributed by atoms with E-state index < -0.39 is 8.25 Å². The van der Waals surface area contributed by atoms with Crippen molar-refractivity contribution in [3.05, 3.63) is 58.7 Å². The van der Waals surface area contributed by atoms with E-state index in [0.29, 0.717) is 5.56 Å². The normalized spacial score (nSPS) is 9.14. The van der Waals surface area contributed by atoms with E-state index in [1.165, 1.54) is 5.56 Å². The van der Waals surface area contributed by atoms with Crippen LogP contribution in [-0.2, 0) is 9.36 Å². The zero-order valence-electron chi connectivity index (χ0n) is 13.1. The van der Waals surface area contributed by atoms with Crippen LogP contribution in [0, 0.1) is 20.8 Å². The van der Waals surface area contributed by atoms with Crippen LogP contribution in [0.25, 0.3) is 11.1 Å². The van der Waals surface area contributed by atoms with Crippen molar-refractivity contribution < 1.29 is 38.0 Å². The van der Waals surface area contributed by atoms with Gasteiger partial charge >= 0.3 is 27.1 Å². The first-order valence-corrected chi connectivity index (χ1v) is 7.44. The van der Waals surface area contributed by atoms with Gasteiger partial charge in [-0.1, -0.05) is 55.3 Å². The van der Waals surface area contributed by atoms with Gasteiger partial charge in [0.1, 0.15) is 0 Å². The Balaban J connectivity index is 0.000000791. The van der Waals surface area contributed by atoms with Gasteiger partial charge in [-0.3, -0.25) is 0 Å². The van der Waals surface area contributed by atoms with Gasteiger partial charge in [-0.15, -0.1) is 32.5 Å². The molecule has 2 aromatic carbocycles. The SMILES string of the molecule is Cc1cc(C)c(-c2ccccc2)c(C)c1[C-]=O.O=[P+](O)O.[Li+]. The van der Waals surface area contributed by atoms with Crippen molar-refractivity contribution in [2.45, 2.75) is 20.8 Å². The van der Waals surface area contributed by atoms with Crippen molar-refractivity contribution in [1.82, 2.24) is 0 Å². The molecule has 22 heavy (non-hydrogen) atoms. The minimum Gasteiger partial charge on any atom is -0.376 e. The molecule has 0 aliphatic carbocycles. The topological polar surface area (TPSA) is 74.6 Å². The Hall–Kier alpha value is -1.27. The molecule has 0 unspecified atom stereocenters. The Bertz CT molecular complexity index is 653. The maximum atomic E-state index is 11.0. The van der Waals surface area contributed by atoms with Crippen molar-refractivity contribution in [1.29, 1.82) is 0 Å². The third-order valence-electron chi connectivity index (χ3n) is 3.14. The predicted octanol–water partition coefficient (Wildman–Crippen LogP) is 0.369. The average Bonchev–Trinajstić information content (AvgIpc) is 2.39. The third-order valence-corrected chi connectivity index (χ3v) is 3.14. The van der Waals surface area contributed by atoms with E-state index >= 15 is 0 Å². The zero-order chi connectivity index (χ0) is 16.0. The maximum absolute atomic E-state index is 11.0. The molecular weight excluding hydrogens is 294 g/mol. The van der Waals surface area contributed by atoms with E-state index in [2.05, 4.69) is 31.4 Å². The summed E-state index contributed by atoms with van der Waals surface area (Å²) in [6, 6.07) is 12.2. The van der Waals surface area contributed by atoms with E-state index in [-0.39, 0.29) is 18.9 Å². The third kappa shape index (κ3) is 5.49. The van der Waals surface area contributed by atoms with Crippen molar-refractivity contribution in [3.63, 3.8) is 0 Å². The monoisotopic (exact) mass is 311 g/mol. The van der Waals surface area contributed by atoms with Gasteiger partial charge in [0.05, 0.1) is 6.29 Å². The van der Waals surface area contributed by atoms with E-state index in [9.17, 15) is 4.79 Å². The van der Waals surface area contributed by atoms with Crippen LogP contribution in [0.4, 0.5) is 0 Å². The first-order chi connectivity index (χ1) is 9.88. The largest absolute Gasteiger partial charge is 1.00 e. The minimum absolute atomic E-state index is 0. The van der Waals surface area contributed by atoms with Crippen molar-refractivity contribution in [2.75, 3.05) is 0 Å². The van der Waals surface area contributed by atoms with Crippen LogP contribution < -0.4 is 18.9 Å². The van der Waals surface area contributed by atoms with Crippen LogP contribution in [0.3, 0.4) is 0 Å². The number of benzene rings is 2. The number of rotatable bonds is 2. The molecule has 0 bridgehead atoms. The Morgan fingerprint density at radius 3 is 1.95 bits per heavy atom. The molecule has 0 aliphatic rings. The summed E-state index contributed by atoms with van der Waals surface area (Å²) >= 11 is 0. The first kappa shape index (κ1) is 20.7. The molecule has 0 heterocycles. The molecule has 0 aliphatic heterocycles. The second-order valence-corrected chi connectivity index (χ2v) is 5.11. The summed E-state index contributed by atoms with van der Waals surface area (Å²) in [6.45, 7) is 6.02. The molecule has 0 aromatic heterocycles. The second kappa shape index (κ2) is 9.69. The Kier molecular flexibility index (Phi) is 9.13. The fraction of sp³-hybridized carbons (Fsp3) is 0.188. The summed E-state index contributed by atoms with van der Waals surface area (Å²) < 4.78 is 8.70. The molecule has 0 saturated carbocycles. The van der Waals surface area contributed by atoms with Crippen LogP contribution >= 0.6 is 8.25 Å². The Morgan fingerprint density at radius 1 is 1.00 bits per heavy atom. The standard InChI is InChI=1S/C16H15O.Li.HO3P/c1-11-9-12(2)16(13(3)15(11)10-17)14-7-5-4-6-8-14;;1-4(2)3/h4-9H,1-3H3;;(H-,1,2,3)/q-1;+1;/p+1. The zero-order valence-corrected chi connectivity index (χ0v) is 14.0. The van der Waals surface area contributed by atoms with Crippen molar-refractivity contribution >= 4 is 14.5 Å². The van der Waals surface area contributed by atoms with Crippen LogP contribution in [-0.4, -0.2) is 16.1 Å². The van der Waals surface area contributed by atoms with E-state index in [1.807, 2.05) is 32.0 Å². The number of hydrogen-bond acceptors (Lipinski definition) is 2. The molecule has 0 radical (unpaired) electrons. The molecule has 0 atom stereocenters. The molecular formula is C16H17LiO4P+.